The van der Waals surface area contributed by atoms with Gasteiger partial charge in [-0.15, -0.1) is 0 Å². The van der Waals surface area contributed by atoms with E-state index >= 15 is 0 Å². The first-order valence-corrected chi connectivity index (χ1v) is 15.5. The maximum Gasteiger partial charge on any atom is 0.311 e. The number of hydrogen-bond acceptors (Lipinski definition) is 5. The third-order valence-electron chi connectivity index (χ3n) is 8.44. The Hall–Kier alpha value is -4.09. The maximum atomic E-state index is 12.3. The summed E-state index contributed by atoms with van der Waals surface area (Å²) in [6.07, 6.45) is 0.727. The SMILES string of the molecule is CCC(C)(C)C(=O)OCCOc1ccc(C2(c3ccc(OCCOC(C)(C)C)cc3)c3ccccc3-c3ccccc32)cc1. The van der Waals surface area contributed by atoms with Crippen LogP contribution in [0.4, 0.5) is 0 Å². The van der Waals surface area contributed by atoms with Crippen molar-refractivity contribution in [2.24, 2.45) is 5.41 Å². The molecular weight excluding hydrogens is 548 g/mol. The van der Waals surface area contributed by atoms with E-state index in [-0.39, 0.29) is 18.2 Å². The van der Waals surface area contributed by atoms with Gasteiger partial charge in [0.2, 0.25) is 0 Å². The molecule has 44 heavy (non-hydrogen) atoms. The van der Waals surface area contributed by atoms with E-state index < -0.39 is 10.8 Å². The number of fused-ring (bicyclic) bond motifs is 3. The smallest absolute Gasteiger partial charge is 0.311 e. The lowest BCUT2D eigenvalue weighted by atomic mass is 9.68. The van der Waals surface area contributed by atoms with Crippen LogP contribution in [0, 0.1) is 5.41 Å². The minimum Gasteiger partial charge on any atom is -0.491 e. The number of esters is 1. The highest BCUT2D eigenvalue weighted by molar-refractivity contribution is 5.86. The fourth-order valence-corrected chi connectivity index (χ4v) is 5.77. The Morgan fingerprint density at radius 1 is 0.614 bits per heavy atom. The molecule has 0 saturated carbocycles. The van der Waals surface area contributed by atoms with Gasteiger partial charge >= 0.3 is 5.97 Å². The molecule has 4 aromatic rings. The van der Waals surface area contributed by atoms with Gasteiger partial charge in [-0.2, -0.15) is 0 Å². The largest absolute Gasteiger partial charge is 0.491 e. The molecule has 0 amide bonds. The Bertz CT molecular complexity index is 1520. The van der Waals surface area contributed by atoms with Gasteiger partial charge in [-0.05, 0) is 98.7 Å². The highest BCUT2D eigenvalue weighted by Crippen LogP contribution is 2.56. The van der Waals surface area contributed by atoms with E-state index in [1.54, 1.807) is 0 Å². The van der Waals surface area contributed by atoms with E-state index in [1.807, 2.05) is 53.7 Å². The van der Waals surface area contributed by atoms with Crippen molar-refractivity contribution in [3.63, 3.8) is 0 Å². The minimum atomic E-state index is -0.513. The second-order valence-corrected chi connectivity index (χ2v) is 12.9. The molecule has 230 valence electrons. The molecule has 0 N–H and O–H groups in total. The topological polar surface area (TPSA) is 54.0 Å². The third-order valence-corrected chi connectivity index (χ3v) is 8.44. The van der Waals surface area contributed by atoms with Gasteiger partial charge in [0.15, 0.2) is 0 Å². The zero-order valence-electron chi connectivity index (χ0n) is 26.8. The molecule has 0 spiro atoms. The van der Waals surface area contributed by atoms with E-state index in [4.69, 9.17) is 18.9 Å². The number of ether oxygens (including phenoxy) is 4. The van der Waals surface area contributed by atoms with Gasteiger partial charge in [-0.3, -0.25) is 4.79 Å². The van der Waals surface area contributed by atoms with Gasteiger partial charge in [0.05, 0.1) is 23.0 Å². The summed E-state index contributed by atoms with van der Waals surface area (Å²) in [6.45, 7) is 13.4. The Kier molecular flexibility index (Phi) is 9.17. The molecule has 5 nitrogen and oxygen atoms in total. The van der Waals surface area contributed by atoms with Crippen LogP contribution >= 0.6 is 0 Å². The number of hydrogen-bond donors (Lipinski definition) is 0. The second kappa shape index (κ2) is 12.9. The predicted octanol–water partition coefficient (Wildman–Crippen LogP) is 8.60. The van der Waals surface area contributed by atoms with Crippen molar-refractivity contribution in [1.29, 1.82) is 0 Å². The summed E-state index contributed by atoms with van der Waals surface area (Å²) in [7, 11) is 0. The highest BCUT2D eigenvalue weighted by atomic mass is 16.6. The quantitative estimate of drug-likeness (QED) is 0.107. The van der Waals surface area contributed by atoms with Crippen LogP contribution in [-0.4, -0.2) is 38.0 Å². The second-order valence-electron chi connectivity index (χ2n) is 12.9. The normalized spacial score (nSPS) is 13.6. The Morgan fingerprint density at radius 2 is 1.07 bits per heavy atom. The van der Waals surface area contributed by atoms with Gasteiger partial charge in [0.25, 0.3) is 0 Å². The van der Waals surface area contributed by atoms with E-state index in [0.29, 0.717) is 19.8 Å². The summed E-state index contributed by atoms with van der Waals surface area (Å²) in [5.74, 6) is 1.34. The van der Waals surface area contributed by atoms with E-state index in [0.717, 1.165) is 29.0 Å². The molecule has 1 aliphatic rings. The molecule has 0 saturated heterocycles. The number of rotatable bonds is 12. The van der Waals surface area contributed by atoms with Crippen LogP contribution in [0.2, 0.25) is 0 Å². The maximum absolute atomic E-state index is 12.3. The summed E-state index contributed by atoms with van der Waals surface area (Å²) < 4.78 is 23.3. The molecule has 0 heterocycles. The molecule has 5 heteroatoms. The predicted molar refractivity (Wildman–Crippen MR) is 175 cm³/mol. The van der Waals surface area contributed by atoms with Gasteiger partial charge in [-0.1, -0.05) is 79.7 Å². The van der Waals surface area contributed by atoms with Crippen LogP contribution in [0.25, 0.3) is 11.1 Å². The lowest BCUT2D eigenvalue weighted by molar-refractivity contribution is -0.154. The van der Waals surface area contributed by atoms with Crippen LogP contribution in [0.5, 0.6) is 11.5 Å². The fourth-order valence-electron chi connectivity index (χ4n) is 5.77. The average Bonchev–Trinajstić information content (AvgIpc) is 3.32. The van der Waals surface area contributed by atoms with Crippen LogP contribution in [0.15, 0.2) is 97.1 Å². The van der Waals surface area contributed by atoms with Crippen molar-refractivity contribution in [1.82, 2.24) is 0 Å². The number of benzene rings is 4. The molecule has 0 aliphatic heterocycles. The molecule has 0 bridgehead atoms. The van der Waals surface area contributed by atoms with Crippen molar-refractivity contribution in [3.8, 4) is 22.6 Å². The lowest BCUT2D eigenvalue weighted by Crippen LogP contribution is -2.28. The van der Waals surface area contributed by atoms with Gasteiger partial charge in [0, 0.05) is 0 Å². The summed E-state index contributed by atoms with van der Waals surface area (Å²) in [5.41, 5.74) is 6.07. The fraction of sp³-hybridized carbons (Fsp3) is 0.359. The van der Waals surface area contributed by atoms with Gasteiger partial charge in [0.1, 0.15) is 31.3 Å². The molecule has 5 rings (SSSR count). The minimum absolute atomic E-state index is 0.192. The first kappa shape index (κ1) is 31.3. The first-order chi connectivity index (χ1) is 21.1. The van der Waals surface area contributed by atoms with E-state index in [9.17, 15) is 4.79 Å². The summed E-state index contributed by atoms with van der Waals surface area (Å²) in [4.78, 5) is 12.3. The molecule has 0 atom stereocenters. The van der Waals surface area contributed by atoms with Crippen molar-refractivity contribution < 1.29 is 23.7 Å². The standard InChI is InChI=1S/C39H44O5/c1-7-38(5,6)36(40)43-25-24-41-30-20-16-28(17-21-30)39(29-18-22-31(23-19-29)42-26-27-44-37(2,3)4)34-14-10-8-12-32(34)33-13-9-11-15-35(33)39/h8-23H,7,24-27H2,1-6H3. The number of carbonyl (C=O) groups excluding carboxylic acids is 1. The zero-order valence-corrected chi connectivity index (χ0v) is 26.8. The lowest BCUT2D eigenvalue weighted by Gasteiger charge is -2.34. The van der Waals surface area contributed by atoms with Crippen LogP contribution in [0.3, 0.4) is 0 Å². The van der Waals surface area contributed by atoms with Crippen LogP contribution in [-0.2, 0) is 19.7 Å². The van der Waals surface area contributed by atoms with E-state index in [1.165, 1.54) is 22.3 Å². The molecule has 4 aromatic carbocycles. The molecular formula is C39H44O5. The van der Waals surface area contributed by atoms with E-state index in [2.05, 4.69) is 84.9 Å². The summed E-state index contributed by atoms with van der Waals surface area (Å²) in [5, 5.41) is 0. The van der Waals surface area contributed by atoms with Crippen LogP contribution < -0.4 is 9.47 Å². The number of carbonyl (C=O) groups is 1. The monoisotopic (exact) mass is 592 g/mol. The Balaban J connectivity index is 1.43. The van der Waals surface area contributed by atoms with Gasteiger partial charge < -0.3 is 18.9 Å². The zero-order chi connectivity index (χ0) is 31.4. The molecule has 0 radical (unpaired) electrons. The Labute approximate surface area is 262 Å². The molecule has 0 fully saturated rings. The highest BCUT2D eigenvalue weighted by Gasteiger charge is 2.45. The third kappa shape index (κ3) is 6.39. The molecule has 0 aromatic heterocycles. The van der Waals surface area contributed by atoms with Gasteiger partial charge in [-0.25, -0.2) is 0 Å². The molecule has 0 unspecified atom stereocenters. The van der Waals surface area contributed by atoms with Crippen molar-refractivity contribution in [3.05, 3.63) is 119 Å². The van der Waals surface area contributed by atoms with Crippen molar-refractivity contribution in [2.75, 3.05) is 26.4 Å². The van der Waals surface area contributed by atoms with Crippen molar-refractivity contribution >= 4 is 5.97 Å². The van der Waals surface area contributed by atoms with Crippen molar-refractivity contribution in [2.45, 2.75) is 59.0 Å². The summed E-state index contributed by atoms with van der Waals surface area (Å²) >= 11 is 0. The van der Waals surface area contributed by atoms with Crippen LogP contribution in [0.1, 0.15) is 70.2 Å². The Morgan fingerprint density at radius 3 is 1.52 bits per heavy atom. The summed E-state index contributed by atoms with van der Waals surface area (Å²) in [6, 6.07) is 34.1. The average molecular weight is 593 g/mol. The first-order valence-electron chi connectivity index (χ1n) is 15.5. The molecule has 1 aliphatic carbocycles.